The van der Waals surface area contributed by atoms with E-state index in [4.69, 9.17) is 4.74 Å². The summed E-state index contributed by atoms with van der Waals surface area (Å²) in [5.41, 5.74) is 0.754. The standard InChI is InChI=1S/C20H28N2O4S/c1-3-4-5-6-9-14(2)21-18(23)13-26-19(24)12-17-20(25)22-15-10-7-8-11-16(15)27-17/h7-8,10-11,14,17H,3-6,9,12-13H2,1-2H3,(H,21,23)(H,22,25)/t14-,17-/m1/s1. The molecule has 6 nitrogen and oxygen atoms in total. The van der Waals surface area contributed by atoms with Gasteiger partial charge in [0.25, 0.3) is 5.91 Å². The van der Waals surface area contributed by atoms with Crippen LogP contribution in [0.5, 0.6) is 0 Å². The highest BCUT2D eigenvalue weighted by Crippen LogP contribution is 2.36. The summed E-state index contributed by atoms with van der Waals surface area (Å²) in [7, 11) is 0. The first-order chi connectivity index (χ1) is 13.0. The maximum Gasteiger partial charge on any atom is 0.307 e. The summed E-state index contributed by atoms with van der Waals surface area (Å²) in [4.78, 5) is 36.9. The van der Waals surface area contributed by atoms with Gasteiger partial charge in [-0.2, -0.15) is 0 Å². The number of carbonyl (C=O) groups excluding carboxylic acids is 3. The fraction of sp³-hybridized carbons (Fsp3) is 0.550. The van der Waals surface area contributed by atoms with Gasteiger partial charge in [0, 0.05) is 10.9 Å². The second-order valence-electron chi connectivity index (χ2n) is 6.77. The maximum atomic E-state index is 12.1. The fourth-order valence-corrected chi connectivity index (χ4v) is 3.94. The van der Waals surface area contributed by atoms with Crippen LogP contribution in [-0.4, -0.2) is 35.7 Å². The van der Waals surface area contributed by atoms with Crippen LogP contribution in [0.15, 0.2) is 29.2 Å². The Kier molecular flexibility index (Phi) is 8.64. The molecule has 0 spiro atoms. The first kappa shape index (κ1) is 21.3. The van der Waals surface area contributed by atoms with Crippen LogP contribution in [0.4, 0.5) is 5.69 Å². The lowest BCUT2D eigenvalue weighted by molar-refractivity contribution is -0.149. The van der Waals surface area contributed by atoms with Crippen molar-refractivity contribution in [3.63, 3.8) is 0 Å². The predicted octanol–water partition coefficient (Wildman–Crippen LogP) is 3.51. The number of amides is 2. The van der Waals surface area contributed by atoms with Crippen LogP contribution < -0.4 is 10.6 Å². The van der Waals surface area contributed by atoms with E-state index in [2.05, 4.69) is 17.6 Å². The molecule has 2 amide bonds. The van der Waals surface area contributed by atoms with Crippen LogP contribution in [0, 0.1) is 0 Å². The fourth-order valence-electron chi connectivity index (χ4n) is 2.85. The van der Waals surface area contributed by atoms with Gasteiger partial charge in [-0.1, -0.05) is 44.7 Å². The molecule has 1 aromatic carbocycles. The third-order valence-electron chi connectivity index (χ3n) is 4.32. The van der Waals surface area contributed by atoms with Crippen molar-refractivity contribution in [2.75, 3.05) is 11.9 Å². The summed E-state index contributed by atoms with van der Waals surface area (Å²) in [6.45, 7) is 3.80. The molecule has 1 aliphatic heterocycles. The van der Waals surface area contributed by atoms with Crippen molar-refractivity contribution in [2.24, 2.45) is 0 Å². The van der Waals surface area contributed by atoms with Crippen molar-refractivity contribution in [1.82, 2.24) is 5.32 Å². The van der Waals surface area contributed by atoms with Crippen molar-refractivity contribution >= 4 is 35.2 Å². The lowest BCUT2D eigenvalue weighted by Gasteiger charge is -2.23. The number of benzene rings is 1. The Morgan fingerprint density at radius 3 is 2.81 bits per heavy atom. The minimum Gasteiger partial charge on any atom is -0.456 e. The molecule has 0 saturated carbocycles. The van der Waals surface area contributed by atoms with Gasteiger partial charge in [0.2, 0.25) is 5.91 Å². The number of hydrogen-bond acceptors (Lipinski definition) is 5. The molecule has 0 bridgehead atoms. The average Bonchev–Trinajstić information content (AvgIpc) is 2.64. The van der Waals surface area contributed by atoms with Gasteiger partial charge in [0.1, 0.15) is 0 Å². The van der Waals surface area contributed by atoms with Crippen LogP contribution in [0.3, 0.4) is 0 Å². The topological polar surface area (TPSA) is 84.5 Å². The van der Waals surface area contributed by atoms with E-state index in [9.17, 15) is 14.4 Å². The van der Waals surface area contributed by atoms with Gasteiger partial charge in [-0.25, -0.2) is 0 Å². The Bertz CT molecular complexity index is 665. The summed E-state index contributed by atoms with van der Waals surface area (Å²) in [5.74, 6) is -1.08. The molecule has 0 unspecified atom stereocenters. The van der Waals surface area contributed by atoms with E-state index in [1.807, 2.05) is 31.2 Å². The SMILES string of the molecule is CCCCCC[C@@H](C)NC(=O)COC(=O)C[C@H]1Sc2ccccc2NC1=O. The summed E-state index contributed by atoms with van der Waals surface area (Å²) in [5, 5.41) is 5.08. The van der Waals surface area contributed by atoms with Gasteiger partial charge in [-0.3, -0.25) is 14.4 Å². The number of hydrogen-bond donors (Lipinski definition) is 2. The minimum atomic E-state index is -0.548. The highest BCUT2D eigenvalue weighted by molar-refractivity contribution is 8.01. The smallest absolute Gasteiger partial charge is 0.307 e. The molecule has 2 rings (SSSR count). The number of ether oxygens (including phenoxy) is 1. The number of fused-ring (bicyclic) bond motifs is 1. The van der Waals surface area contributed by atoms with Crippen molar-refractivity contribution < 1.29 is 19.1 Å². The molecule has 7 heteroatoms. The zero-order valence-electron chi connectivity index (χ0n) is 16.0. The second kappa shape index (κ2) is 11.0. The Balaban J connectivity index is 1.68. The molecule has 0 aliphatic carbocycles. The molecule has 0 radical (unpaired) electrons. The normalized spacial score (nSPS) is 16.8. The largest absolute Gasteiger partial charge is 0.456 e. The monoisotopic (exact) mass is 392 g/mol. The number of para-hydroxylation sites is 1. The number of rotatable bonds is 10. The van der Waals surface area contributed by atoms with E-state index < -0.39 is 11.2 Å². The van der Waals surface area contributed by atoms with Crippen LogP contribution in [0.1, 0.15) is 52.4 Å². The number of anilines is 1. The Morgan fingerprint density at radius 1 is 1.26 bits per heavy atom. The molecule has 0 aromatic heterocycles. The Labute approximate surface area is 164 Å². The number of unbranched alkanes of at least 4 members (excludes halogenated alkanes) is 3. The maximum absolute atomic E-state index is 12.1. The number of carbonyl (C=O) groups is 3. The second-order valence-corrected chi connectivity index (χ2v) is 8.02. The highest BCUT2D eigenvalue weighted by Gasteiger charge is 2.29. The van der Waals surface area contributed by atoms with Crippen molar-refractivity contribution in [2.45, 2.75) is 68.6 Å². The van der Waals surface area contributed by atoms with E-state index in [0.29, 0.717) is 0 Å². The van der Waals surface area contributed by atoms with Gasteiger partial charge in [-0.15, -0.1) is 11.8 Å². The van der Waals surface area contributed by atoms with Crippen molar-refractivity contribution in [3.8, 4) is 0 Å². The quantitative estimate of drug-likeness (QED) is 0.470. The third kappa shape index (κ3) is 7.25. The zero-order valence-corrected chi connectivity index (χ0v) is 16.8. The summed E-state index contributed by atoms with van der Waals surface area (Å²) < 4.78 is 5.04. The van der Waals surface area contributed by atoms with Gasteiger partial charge in [-0.05, 0) is 25.5 Å². The van der Waals surface area contributed by atoms with E-state index in [-0.39, 0.29) is 30.9 Å². The number of nitrogens with one attached hydrogen (secondary N) is 2. The first-order valence-electron chi connectivity index (χ1n) is 9.51. The number of thioether (sulfide) groups is 1. The molecular formula is C20H28N2O4S. The van der Waals surface area contributed by atoms with E-state index >= 15 is 0 Å². The zero-order chi connectivity index (χ0) is 19.6. The van der Waals surface area contributed by atoms with Gasteiger partial charge >= 0.3 is 5.97 Å². The Hall–Kier alpha value is -2.02. The van der Waals surface area contributed by atoms with Gasteiger partial charge in [0.15, 0.2) is 6.61 Å². The van der Waals surface area contributed by atoms with Crippen LogP contribution in [-0.2, 0) is 19.1 Å². The molecule has 2 N–H and O–H groups in total. The van der Waals surface area contributed by atoms with Crippen LogP contribution >= 0.6 is 11.8 Å². The summed E-state index contributed by atoms with van der Waals surface area (Å²) in [6, 6.07) is 7.50. The molecule has 2 atom stereocenters. The molecule has 1 heterocycles. The third-order valence-corrected chi connectivity index (χ3v) is 5.60. The van der Waals surface area contributed by atoms with Gasteiger partial charge < -0.3 is 15.4 Å². The predicted molar refractivity (Wildman–Crippen MR) is 107 cm³/mol. The van der Waals surface area contributed by atoms with E-state index in [0.717, 1.165) is 29.8 Å². The Morgan fingerprint density at radius 2 is 2.04 bits per heavy atom. The summed E-state index contributed by atoms with van der Waals surface area (Å²) in [6.07, 6.45) is 5.47. The molecule has 1 aliphatic rings. The molecule has 27 heavy (non-hydrogen) atoms. The van der Waals surface area contributed by atoms with Crippen LogP contribution in [0.25, 0.3) is 0 Å². The molecule has 148 valence electrons. The molecule has 0 fully saturated rings. The average molecular weight is 393 g/mol. The van der Waals surface area contributed by atoms with Gasteiger partial charge in [0.05, 0.1) is 17.4 Å². The molecule has 1 aromatic rings. The molecular weight excluding hydrogens is 364 g/mol. The van der Waals surface area contributed by atoms with Crippen LogP contribution in [0.2, 0.25) is 0 Å². The van der Waals surface area contributed by atoms with E-state index in [1.165, 1.54) is 24.6 Å². The number of esters is 1. The lowest BCUT2D eigenvalue weighted by Crippen LogP contribution is -2.36. The van der Waals surface area contributed by atoms with Crippen molar-refractivity contribution in [1.29, 1.82) is 0 Å². The van der Waals surface area contributed by atoms with Crippen molar-refractivity contribution in [3.05, 3.63) is 24.3 Å². The highest BCUT2D eigenvalue weighted by atomic mass is 32.2. The minimum absolute atomic E-state index is 0.0595. The summed E-state index contributed by atoms with van der Waals surface area (Å²) >= 11 is 1.34. The lowest BCUT2D eigenvalue weighted by atomic mass is 10.1. The first-order valence-corrected chi connectivity index (χ1v) is 10.4. The van der Waals surface area contributed by atoms with E-state index in [1.54, 1.807) is 0 Å². The molecule has 0 saturated heterocycles.